The Morgan fingerprint density at radius 3 is 2.72 bits per heavy atom. The van der Waals surface area contributed by atoms with Crippen LogP contribution >= 0.6 is 0 Å². The molecule has 0 radical (unpaired) electrons. The molecule has 3 N–H and O–H groups in total. The van der Waals surface area contributed by atoms with Gasteiger partial charge in [-0.05, 0) is 45.1 Å². The van der Waals surface area contributed by atoms with Crippen molar-refractivity contribution in [3.8, 4) is 0 Å². The molecule has 0 spiro atoms. The van der Waals surface area contributed by atoms with E-state index in [2.05, 4.69) is 16.7 Å². The van der Waals surface area contributed by atoms with Crippen molar-refractivity contribution in [2.75, 3.05) is 32.7 Å². The van der Waals surface area contributed by atoms with Crippen molar-refractivity contribution in [2.24, 2.45) is 11.7 Å². The Kier molecular flexibility index (Phi) is 3.39. The smallest absolute Gasteiger partial charge is 0.0923 e. The third-order valence-corrected chi connectivity index (χ3v) is 5.23. The summed E-state index contributed by atoms with van der Waals surface area (Å²) in [7, 11) is 0. The predicted octanol–water partition coefficient (Wildman–Crippen LogP) is 0.255. The van der Waals surface area contributed by atoms with Crippen LogP contribution in [-0.4, -0.2) is 65.3 Å². The molecular weight excluding hydrogens is 226 g/mol. The number of hydrogen-bond acceptors (Lipinski definition) is 4. The second-order valence-corrected chi connectivity index (χ2v) is 6.65. The maximum Gasteiger partial charge on any atom is 0.0923 e. The first kappa shape index (κ1) is 12.9. The summed E-state index contributed by atoms with van der Waals surface area (Å²) in [6.45, 7) is 7.03. The SMILES string of the molecule is CC1CN2CCCC2CN1CC(O)(CN)C1CC1. The average Bonchev–Trinajstić information content (AvgIpc) is 3.12. The van der Waals surface area contributed by atoms with E-state index in [9.17, 15) is 5.11 Å². The topological polar surface area (TPSA) is 52.7 Å². The van der Waals surface area contributed by atoms with Gasteiger partial charge in [0, 0.05) is 38.3 Å². The largest absolute Gasteiger partial charge is 0.387 e. The normalized spacial score (nSPS) is 37.5. The lowest BCUT2D eigenvalue weighted by Gasteiger charge is -2.45. The molecule has 1 saturated carbocycles. The van der Waals surface area contributed by atoms with Crippen molar-refractivity contribution in [1.29, 1.82) is 0 Å². The molecule has 2 heterocycles. The van der Waals surface area contributed by atoms with Gasteiger partial charge in [-0.15, -0.1) is 0 Å². The van der Waals surface area contributed by atoms with Crippen LogP contribution in [0.2, 0.25) is 0 Å². The Morgan fingerprint density at radius 1 is 1.28 bits per heavy atom. The highest BCUT2D eigenvalue weighted by atomic mass is 16.3. The predicted molar refractivity (Wildman–Crippen MR) is 72.4 cm³/mol. The molecule has 18 heavy (non-hydrogen) atoms. The number of nitrogens with zero attached hydrogens (tertiary/aromatic N) is 2. The second kappa shape index (κ2) is 4.75. The lowest BCUT2D eigenvalue weighted by atomic mass is 9.95. The molecule has 104 valence electrons. The molecule has 0 aromatic heterocycles. The van der Waals surface area contributed by atoms with Crippen LogP contribution in [0.25, 0.3) is 0 Å². The maximum absolute atomic E-state index is 10.7. The van der Waals surface area contributed by atoms with Crippen LogP contribution < -0.4 is 5.73 Å². The highest BCUT2D eigenvalue weighted by molar-refractivity contribution is 5.00. The number of β-amino-alcohol motifs (C(OH)–C–C–N with tert-alkyl or cyclic N) is 1. The minimum atomic E-state index is -0.630. The van der Waals surface area contributed by atoms with Crippen LogP contribution in [0.5, 0.6) is 0 Å². The van der Waals surface area contributed by atoms with E-state index < -0.39 is 5.60 Å². The zero-order valence-corrected chi connectivity index (χ0v) is 11.5. The van der Waals surface area contributed by atoms with E-state index >= 15 is 0 Å². The first-order chi connectivity index (χ1) is 8.62. The summed E-state index contributed by atoms with van der Waals surface area (Å²) in [6.07, 6.45) is 4.99. The summed E-state index contributed by atoms with van der Waals surface area (Å²) in [4.78, 5) is 5.11. The third kappa shape index (κ3) is 2.31. The molecule has 3 aliphatic rings. The summed E-state index contributed by atoms with van der Waals surface area (Å²) >= 11 is 0. The molecule has 0 bridgehead atoms. The summed E-state index contributed by atoms with van der Waals surface area (Å²) in [5.41, 5.74) is 5.20. The summed E-state index contributed by atoms with van der Waals surface area (Å²) in [6, 6.07) is 1.28. The van der Waals surface area contributed by atoms with Gasteiger partial charge in [0.15, 0.2) is 0 Å². The monoisotopic (exact) mass is 253 g/mol. The Bertz CT molecular complexity index is 307. The fraction of sp³-hybridized carbons (Fsp3) is 1.00. The maximum atomic E-state index is 10.7. The van der Waals surface area contributed by atoms with Gasteiger partial charge < -0.3 is 10.8 Å². The third-order valence-electron chi connectivity index (χ3n) is 5.23. The minimum Gasteiger partial charge on any atom is -0.387 e. The van der Waals surface area contributed by atoms with Gasteiger partial charge >= 0.3 is 0 Å². The zero-order valence-electron chi connectivity index (χ0n) is 11.5. The van der Waals surface area contributed by atoms with Crippen LogP contribution in [0, 0.1) is 5.92 Å². The van der Waals surface area contributed by atoms with Gasteiger partial charge in [-0.25, -0.2) is 0 Å². The van der Waals surface area contributed by atoms with Crippen molar-refractivity contribution in [3.05, 3.63) is 0 Å². The van der Waals surface area contributed by atoms with E-state index in [1.54, 1.807) is 0 Å². The minimum absolute atomic E-state index is 0.412. The van der Waals surface area contributed by atoms with Gasteiger partial charge in [0.25, 0.3) is 0 Å². The molecule has 0 aromatic rings. The Hall–Kier alpha value is -0.160. The van der Waals surface area contributed by atoms with Gasteiger partial charge in [-0.2, -0.15) is 0 Å². The molecule has 3 unspecified atom stereocenters. The number of hydrogen-bond donors (Lipinski definition) is 2. The molecule has 2 aliphatic heterocycles. The second-order valence-electron chi connectivity index (χ2n) is 6.65. The number of nitrogens with two attached hydrogens (primary N) is 1. The number of aliphatic hydroxyl groups is 1. The molecule has 1 aliphatic carbocycles. The van der Waals surface area contributed by atoms with E-state index in [-0.39, 0.29) is 0 Å². The van der Waals surface area contributed by atoms with E-state index in [1.165, 1.54) is 19.4 Å². The van der Waals surface area contributed by atoms with Crippen LogP contribution in [0.15, 0.2) is 0 Å². The van der Waals surface area contributed by atoms with Gasteiger partial charge in [-0.3, -0.25) is 9.80 Å². The van der Waals surface area contributed by atoms with Crippen LogP contribution in [0.4, 0.5) is 0 Å². The van der Waals surface area contributed by atoms with Crippen LogP contribution in [0.1, 0.15) is 32.6 Å². The van der Waals surface area contributed by atoms with Gasteiger partial charge in [-0.1, -0.05) is 0 Å². The Morgan fingerprint density at radius 2 is 2.06 bits per heavy atom. The molecule has 0 amide bonds. The van der Waals surface area contributed by atoms with Crippen molar-refractivity contribution in [3.63, 3.8) is 0 Å². The number of rotatable bonds is 4. The van der Waals surface area contributed by atoms with Gasteiger partial charge in [0.1, 0.15) is 0 Å². The van der Waals surface area contributed by atoms with Crippen molar-refractivity contribution < 1.29 is 5.11 Å². The molecule has 4 nitrogen and oxygen atoms in total. The molecule has 3 rings (SSSR count). The fourth-order valence-electron chi connectivity index (χ4n) is 3.80. The van der Waals surface area contributed by atoms with Gasteiger partial charge in [0.05, 0.1) is 5.60 Å². The number of piperazine rings is 1. The standard InChI is InChI=1S/C14H27N3O/c1-11-7-16-6-2-3-13(16)8-17(11)10-14(18,9-15)12-4-5-12/h11-13,18H,2-10,15H2,1H3. The van der Waals surface area contributed by atoms with Crippen molar-refractivity contribution in [2.45, 2.75) is 50.3 Å². The van der Waals surface area contributed by atoms with E-state index in [0.29, 0.717) is 18.5 Å². The fourth-order valence-corrected chi connectivity index (χ4v) is 3.80. The molecule has 3 atom stereocenters. The van der Waals surface area contributed by atoms with Crippen molar-refractivity contribution in [1.82, 2.24) is 9.80 Å². The molecule has 3 fully saturated rings. The average molecular weight is 253 g/mol. The lowest BCUT2D eigenvalue weighted by Crippen LogP contribution is -2.60. The lowest BCUT2D eigenvalue weighted by molar-refractivity contribution is -0.0418. The number of fused-ring (bicyclic) bond motifs is 1. The summed E-state index contributed by atoms with van der Waals surface area (Å²) in [5.74, 6) is 0.455. The molecule has 2 saturated heterocycles. The highest BCUT2D eigenvalue weighted by Crippen LogP contribution is 2.40. The molecular formula is C14H27N3O. The molecule has 0 aromatic carbocycles. The quantitative estimate of drug-likeness (QED) is 0.754. The highest BCUT2D eigenvalue weighted by Gasteiger charge is 2.45. The van der Waals surface area contributed by atoms with Gasteiger partial charge in [0.2, 0.25) is 0 Å². The van der Waals surface area contributed by atoms with E-state index in [1.807, 2.05) is 0 Å². The Balaban J connectivity index is 1.64. The first-order valence-corrected chi connectivity index (χ1v) is 7.53. The first-order valence-electron chi connectivity index (χ1n) is 7.53. The Labute approximate surface area is 110 Å². The molecule has 4 heteroatoms. The summed E-state index contributed by atoms with van der Waals surface area (Å²) < 4.78 is 0. The van der Waals surface area contributed by atoms with E-state index in [0.717, 1.165) is 38.5 Å². The zero-order chi connectivity index (χ0) is 12.8. The van der Waals surface area contributed by atoms with Crippen molar-refractivity contribution >= 4 is 0 Å². The van der Waals surface area contributed by atoms with E-state index in [4.69, 9.17) is 5.73 Å². The van der Waals surface area contributed by atoms with Crippen LogP contribution in [-0.2, 0) is 0 Å². The van der Waals surface area contributed by atoms with Crippen LogP contribution in [0.3, 0.4) is 0 Å². The summed E-state index contributed by atoms with van der Waals surface area (Å²) in [5, 5.41) is 10.7.